The number of methoxy groups -OCH3 is 1. The number of carbonyl (C=O) groups is 1. The van der Waals surface area contributed by atoms with E-state index in [2.05, 4.69) is 10.1 Å². The Balaban J connectivity index is 3.10. The fourth-order valence-corrected chi connectivity index (χ4v) is 0.394. The molecule has 0 bridgehead atoms. The molecule has 2 N–H and O–H groups in total. The highest BCUT2D eigenvalue weighted by atomic mass is 16.5. The summed E-state index contributed by atoms with van der Waals surface area (Å²) in [6.45, 7) is 0.847. The van der Waals surface area contributed by atoms with Crippen molar-refractivity contribution < 1.29 is 14.6 Å². The Kier molecular flexibility index (Phi) is 5.47. The maximum absolute atomic E-state index is 9.86. The first-order valence-electron chi connectivity index (χ1n) is 2.88. The second-order valence-electron chi connectivity index (χ2n) is 1.61. The highest BCUT2D eigenvalue weighted by Crippen LogP contribution is 1.72. The molecule has 0 aromatic heterocycles. The zero-order valence-electron chi connectivity index (χ0n) is 5.83. The van der Waals surface area contributed by atoms with Crippen LogP contribution in [-0.4, -0.2) is 31.5 Å². The summed E-state index contributed by atoms with van der Waals surface area (Å²) in [6, 6.07) is 0. The van der Waals surface area contributed by atoms with E-state index in [4.69, 9.17) is 5.11 Å². The van der Waals surface area contributed by atoms with Gasteiger partial charge in [0, 0.05) is 13.7 Å². The van der Waals surface area contributed by atoms with Gasteiger partial charge in [0.1, 0.15) is 0 Å². The maximum Gasteiger partial charge on any atom is 0.404 e. The van der Waals surface area contributed by atoms with E-state index in [9.17, 15) is 4.79 Å². The van der Waals surface area contributed by atoms with Crippen molar-refractivity contribution in [3.63, 3.8) is 0 Å². The number of carboxylic acid groups (broad SMARTS) is 1. The van der Waals surface area contributed by atoms with Crippen LogP contribution in [0.4, 0.5) is 4.79 Å². The lowest BCUT2D eigenvalue weighted by Crippen LogP contribution is -2.20. The lowest BCUT2D eigenvalue weighted by molar-refractivity contribution is 0.195. The summed E-state index contributed by atoms with van der Waals surface area (Å²) in [5.74, 6) is 0. The molecular formula is C6H11NO3. The van der Waals surface area contributed by atoms with Gasteiger partial charge in [0.25, 0.3) is 0 Å². The third-order valence-corrected chi connectivity index (χ3v) is 0.801. The monoisotopic (exact) mass is 145 g/mol. The molecule has 10 heavy (non-hydrogen) atoms. The Labute approximate surface area is 59.5 Å². The van der Waals surface area contributed by atoms with Gasteiger partial charge in [-0.1, -0.05) is 12.2 Å². The van der Waals surface area contributed by atoms with Crippen LogP contribution < -0.4 is 5.32 Å². The zero-order chi connectivity index (χ0) is 7.82. The van der Waals surface area contributed by atoms with E-state index >= 15 is 0 Å². The van der Waals surface area contributed by atoms with Crippen LogP contribution in [0.2, 0.25) is 0 Å². The lowest BCUT2D eigenvalue weighted by atomic mass is 10.5. The molecule has 0 fully saturated rings. The van der Waals surface area contributed by atoms with Gasteiger partial charge in [-0.15, -0.1) is 0 Å². The third kappa shape index (κ3) is 6.97. The van der Waals surface area contributed by atoms with Gasteiger partial charge in [0.05, 0.1) is 6.61 Å². The van der Waals surface area contributed by atoms with Gasteiger partial charge in [-0.2, -0.15) is 0 Å². The molecule has 0 aliphatic heterocycles. The van der Waals surface area contributed by atoms with E-state index in [1.165, 1.54) is 0 Å². The summed E-state index contributed by atoms with van der Waals surface area (Å²) < 4.78 is 4.69. The number of amides is 1. The smallest absolute Gasteiger partial charge is 0.404 e. The molecule has 0 aliphatic rings. The van der Waals surface area contributed by atoms with Crippen LogP contribution in [0, 0.1) is 0 Å². The third-order valence-electron chi connectivity index (χ3n) is 0.801. The summed E-state index contributed by atoms with van der Waals surface area (Å²) in [6.07, 6.45) is 2.43. The SMILES string of the molecule is COCC=CCNC(=O)O. The highest BCUT2D eigenvalue weighted by Gasteiger charge is 1.86. The quantitative estimate of drug-likeness (QED) is 0.565. The molecule has 0 spiro atoms. The van der Waals surface area contributed by atoms with Crippen molar-refractivity contribution in [1.82, 2.24) is 5.32 Å². The van der Waals surface area contributed by atoms with Crippen molar-refractivity contribution in [2.24, 2.45) is 0 Å². The average Bonchev–Trinajstić information content (AvgIpc) is 1.87. The molecule has 0 atom stereocenters. The molecule has 58 valence electrons. The Morgan fingerprint density at radius 1 is 1.70 bits per heavy atom. The van der Waals surface area contributed by atoms with Gasteiger partial charge in [0.2, 0.25) is 0 Å². The molecule has 0 aromatic rings. The van der Waals surface area contributed by atoms with Crippen LogP contribution in [0.15, 0.2) is 12.2 Å². The van der Waals surface area contributed by atoms with Crippen molar-refractivity contribution in [2.45, 2.75) is 0 Å². The average molecular weight is 145 g/mol. The van der Waals surface area contributed by atoms with E-state index in [0.717, 1.165) is 0 Å². The minimum atomic E-state index is -1.01. The Morgan fingerprint density at radius 3 is 2.90 bits per heavy atom. The number of rotatable bonds is 4. The Hall–Kier alpha value is -1.03. The van der Waals surface area contributed by atoms with Gasteiger partial charge < -0.3 is 15.2 Å². The molecule has 0 rings (SSSR count). The predicted octanol–water partition coefficient (Wildman–Crippen LogP) is 0.457. The van der Waals surface area contributed by atoms with Gasteiger partial charge in [-0.25, -0.2) is 4.79 Å². The first kappa shape index (κ1) is 8.97. The van der Waals surface area contributed by atoms with Crippen LogP contribution in [-0.2, 0) is 4.74 Å². The van der Waals surface area contributed by atoms with Crippen LogP contribution in [0.25, 0.3) is 0 Å². The second-order valence-corrected chi connectivity index (χ2v) is 1.61. The van der Waals surface area contributed by atoms with E-state index in [-0.39, 0.29) is 0 Å². The first-order chi connectivity index (χ1) is 4.77. The summed E-state index contributed by atoms with van der Waals surface area (Å²) in [5.41, 5.74) is 0. The normalized spacial score (nSPS) is 10.1. The van der Waals surface area contributed by atoms with Crippen LogP contribution in [0.3, 0.4) is 0 Å². The molecule has 1 amide bonds. The molecule has 0 aromatic carbocycles. The number of ether oxygens (including phenoxy) is 1. The summed E-state index contributed by atoms with van der Waals surface area (Å²) in [5, 5.41) is 10.3. The van der Waals surface area contributed by atoms with Gasteiger partial charge in [-0.05, 0) is 0 Å². The largest absolute Gasteiger partial charge is 0.465 e. The molecule has 4 heteroatoms. The van der Waals surface area contributed by atoms with Gasteiger partial charge >= 0.3 is 6.09 Å². The van der Waals surface area contributed by atoms with Crippen LogP contribution >= 0.6 is 0 Å². The van der Waals surface area contributed by atoms with Crippen molar-refractivity contribution in [3.8, 4) is 0 Å². The molecule has 4 nitrogen and oxygen atoms in total. The molecule has 0 heterocycles. The van der Waals surface area contributed by atoms with E-state index in [0.29, 0.717) is 13.2 Å². The fourth-order valence-electron chi connectivity index (χ4n) is 0.394. The van der Waals surface area contributed by atoms with E-state index < -0.39 is 6.09 Å². The van der Waals surface area contributed by atoms with E-state index in [1.807, 2.05) is 0 Å². The molecule has 0 radical (unpaired) electrons. The molecule has 0 saturated carbocycles. The fraction of sp³-hybridized carbons (Fsp3) is 0.500. The summed E-state index contributed by atoms with van der Waals surface area (Å²) in [7, 11) is 1.58. The summed E-state index contributed by atoms with van der Waals surface area (Å²) >= 11 is 0. The minimum absolute atomic E-state index is 0.332. The zero-order valence-corrected chi connectivity index (χ0v) is 5.83. The van der Waals surface area contributed by atoms with Crippen molar-refractivity contribution in [1.29, 1.82) is 0 Å². The van der Waals surface area contributed by atoms with Gasteiger partial charge in [-0.3, -0.25) is 0 Å². The maximum atomic E-state index is 9.86. The van der Waals surface area contributed by atoms with E-state index in [1.54, 1.807) is 19.3 Å². The topological polar surface area (TPSA) is 58.6 Å². The first-order valence-corrected chi connectivity index (χ1v) is 2.88. The number of nitrogens with one attached hydrogen (secondary N) is 1. The standard InChI is InChI=1S/C6H11NO3/c1-10-5-3-2-4-7-6(8)9/h2-3,7H,4-5H2,1H3,(H,8,9). The Morgan fingerprint density at radius 2 is 2.40 bits per heavy atom. The Bertz CT molecular complexity index is 122. The molecule has 0 aliphatic carbocycles. The van der Waals surface area contributed by atoms with Crippen molar-refractivity contribution in [2.75, 3.05) is 20.3 Å². The van der Waals surface area contributed by atoms with Crippen molar-refractivity contribution >= 4 is 6.09 Å². The molecule has 0 saturated heterocycles. The predicted molar refractivity (Wildman–Crippen MR) is 37.0 cm³/mol. The molecule has 0 unspecified atom stereocenters. The van der Waals surface area contributed by atoms with Crippen LogP contribution in [0.5, 0.6) is 0 Å². The van der Waals surface area contributed by atoms with Gasteiger partial charge in [0.15, 0.2) is 0 Å². The number of hydrogen-bond acceptors (Lipinski definition) is 2. The second kappa shape index (κ2) is 6.10. The van der Waals surface area contributed by atoms with Crippen LogP contribution in [0.1, 0.15) is 0 Å². The lowest BCUT2D eigenvalue weighted by Gasteiger charge is -1.92. The molecular weight excluding hydrogens is 134 g/mol. The number of hydrogen-bond donors (Lipinski definition) is 2. The highest BCUT2D eigenvalue weighted by molar-refractivity contribution is 5.64. The summed E-state index contributed by atoms with van der Waals surface area (Å²) in [4.78, 5) is 9.86. The minimum Gasteiger partial charge on any atom is -0.465 e. The van der Waals surface area contributed by atoms with Crippen molar-refractivity contribution in [3.05, 3.63) is 12.2 Å².